The number of hydrogen-bond donors (Lipinski definition) is 0. The van der Waals surface area contributed by atoms with E-state index >= 15 is 0 Å². The van der Waals surface area contributed by atoms with E-state index in [0.29, 0.717) is 12.2 Å². The number of rotatable bonds is 5. The number of carbonyl (C=O) groups excluding carboxylic acids is 1. The lowest BCUT2D eigenvalue weighted by molar-refractivity contribution is -0.126. The molecule has 100 valence electrons. The fourth-order valence-corrected chi connectivity index (χ4v) is 3.35. The summed E-state index contributed by atoms with van der Waals surface area (Å²) in [6.45, 7) is 7.01. The zero-order valence-electron chi connectivity index (χ0n) is 11.3. The fourth-order valence-electron chi connectivity index (χ4n) is 2.46. The van der Waals surface area contributed by atoms with Gasteiger partial charge in [-0.25, -0.2) is 4.98 Å². The van der Waals surface area contributed by atoms with E-state index in [1.54, 1.807) is 11.3 Å². The monoisotopic (exact) mass is 266 g/mol. The number of ketones is 1. The van der Waals surface area contributed by atoms with E-state index in [-0.39, 0.29) is 5.92 Å². The summed E-state index contributed by atoms with van der Waals surface area (Å²) in [5.41, 5.74) is 1.17. The Labute approximate surface area is 113 Å². The van der Waals surface area contributed by atoms with Crippen molar-refractivity contribution in [2.24, 2.45) is 5.92 Å². The predicted octanol–water partition coefficient (Wildman–Crippen LogP) is 2.90. The highest BCUT2D eigenvalue weighted by molar-refractivity contribution is 7.09. The number of thiazole rings is 1. The van der Waals surface area contributed by atoms with E-state index in [4.69, 9.17) is 0 Å². The first-order valence-electron chi connectivity index (χ1n) is 6.91. The van der Waals surface area contributed by atoms with E-state index in [2.05, 4.69) is 29.1 Å². The van der Waals surface area contributed by atoms with Crippen LogP contribution in [0.3, 0.4) is 0 Å². The third kappa shape index (κ3) is 3.39. The Balaban J connectivity index is 1.90. The smallest absolute Gasteiger partial charge is 0.138 e. The summed E-state index contributed by atoms with van der Waals surface area (Å²) in [5.74, 6) is 0.686. The van der Waals surface area contributed by atoms with Crippen molar-refractivity contribution >= 4 is 17.1 Å². The molecule has 1 aliphatic heterocycles. The van der Waals surface area contributed by atoms with Crippen LogP contribution in [0.2, 0.25) is 0 Å². The van der Waals surface area contributed by atoms with Crippen molar-refractivity contribution in [1.82, 2.24) is 9.88 Å². The van der Waals surface area contributed by atoms with Crippen molar-refractivity contribution < 1.29 is 4.79 Å². The van der Waals surface area contributed by atoms with E-state index in [0.717, 1.165) is 38.9 Å². The quantitative estimate of drug-likeness (QED) is 0.821. The maximum Gasteiger partial charge on any atom is 0.138 e. The molecule has 0 radical (unpaired) electrons. The number of nitrogens with zero attached hydrogens (tertiary/aromatic N) is 2. The van der Waals surface area contributed by atoms with Crippen LogP contribution in [-0.4, -0.2) is 28.8 Å². The maximum atomic E-state index is 11.7. The standard InChI is InChI=1S/C14H22N2OS/c1-3-5-14-15-12(10-18-14)9-16-7-6-13(17)11(4-2)8-16/h10-11H,3-9H2,1-2H3. The summed E-state index contributed by atoms with van der Waals surface area (Å²) in [4.78, 5) is 18.7. The molecule has 4 heteroatoms. The molecule has 1 unspecified atom stereocenters. The fraction of sp³-hybridized carbons (Fsp3) is 0.714. The van der Waals surface area contributed by atoms with Gasteiger partial charge >= 0.3 is 0 Å². The number of Topliss-reactive ketones (excluding diaryl/α,β-unsaturated/α-hetero) is 1. The van der Waals surface area contributed by atoms with Gasteiger partial charge in [0.05, 0.1) is 10.7 Å². The van der Waals surface area contributed by atoms with Crippen molar-refractivity contribution in [3.63, 3.8) is 0 Å². The number of hydrogen-bond acceptors (Lipinski definition) is 4. The minimum Gasteiger partial charge on any atom is -0.299 e. The van der Waals surface area contributed by atoms with Crippen molar-refractivity contribution in [3.8, 4) is 0 Å². The molecule has 1 aliphatic rings. The van der Waals surface area contributed by atoms with Crippen molar-refractivity contribution in [2.75, 3.05) is 13.1 Å². The van der Waals surface area contributed by atoms with Crippen LogP contribution in [0.15, 0.2) is 5.38 Å². The molecule has 1 aromatic rings. The van der Waals surface area contributed by atoms with Gasteiger partial charge in [-0.3, -0.25) is 9.69 Å². The van der Waals surface area contributed by atoms with Crippen LogP contribution in [0.4, 0.5) is 0 Å². The Morgan fingerprint density at radius 3 is 3.06 bits per heavy atom. The van der Waals surface area contributed by atoms with Gasteiger partial charge in [0.15, 0.2) is 0 Å². The van der Waals surface area contributed by atoms with Crippen LogP contribution in [0.5, 0.6) is 0 Å². The van der Waals surface area contributed by atoms with E-state index < -0.39 is 0 Å². The molecule has 1 saturated heterocycles. The van der Waals surface area contributed by atoms with Gasteiger partial charge in [0.25, 0.3) is 0 Å². The Morgan fingerprint density at radius 2 is 2.33 bits per heavy atom. The first kappa shape index (κ1) is 13.7. The number of piperidine rings is 1. The van der Waals surface area contributed by atoms with Crippen LogP contribution in [0, 0.1) is 5.92 Å². The van der Waals surface area contributed by atoms with E-state index in [9.17, 15) is 4.79 Å². The van der Waals surface area contributed by atoms with Crippen LogP contribution in [0.25, 0.3) is 0 Å². The Hall–Kier alpha value is -0.740. The van der Waals surface area contributed by atoms with Gasteiger partial charge in [-0.1, -0.05) is 13.8 Å². The molecule has 2 rings (SSSR count). The van der Waals surface area contributed by atoms with E-state index in [1.165, 1.54) is 10.7 Å². The predicted molar refractivity (Wildman–Crippen MR) is 74.8 cm³/mol. The topological polar surface area (TPSA) is 33.2 Å². The molecular formula is C14H22N2OS. The largest absolute Gasteiger partial charge is 0.299 e. The van der Waals surface area contributed by atoms with E-state index in [1.807, 2.05) is 0 Å². The molecule has 2 heterocycles. The van der Waals surface area contributed by atoms with Crippen LogP contribution in [0.1, 0.15) is 43.8 Å². The zero-order chi connectivity index (χ0) is 13.0. The molecule has 0 N–H and O–H groups in total. The molecule has 0 aliphatic carbocycles. The van der Waals surface area contributed by atoms with Crippen molar-refractivity contribution in [3.05, 3.63) is 16.1 Å². The second-order valence-electron chi connectivity index (χ2n) is 5.04. The summed E-state index contributed by atoms with van der Waals surface area (Å²) in [7, 11) is 0. The van der Waals surface area contributed by atoms with Gasteiger partial charge in [0, 0.05) is 37.4 Å². The van der Waals surface area contributed by atoms with Crippen molar-refractivity contribution in [2.45, 2.75) is 46.1 Å². The lowest BCUT2D eigenvalue weighted by atomic mass is 9.94. The summed E-state index contributed by atoms with van der Waals surface area (Å²) in [5, 5.41) is 3.41. The molecule has 0 amide bonds. The van der Waals surface area contributed by atoms with Crippen LogP contribution in [-0.2, 0) is 17.8 Å². The molecule has 0 saturated carbocycles. The molecule has 0 aromatic carbocycles. The summed E-state index contributed by atoms with van der Waals surface area (Å²) in [6.07, 6.45) is 3.92. The van der Waals surface area contributed by atoms with Gasteiger partial charge < -0.3 is 0 Å². The molecule has 18 heavy (non-hydrogen) atoms. The minimum atomic E-state index is 0.243. The van der Waals surface area contributed by atoms with Gasteiger partial charge in [-0.05, 0) is 19.3 Å². The average Bonchev–Trinajstić information content (AvgIpc) is 2.80. The molecule has 1 atom stereocenters. The zero-order valence-corrected chi connectivity index (χ0v) is 12.1. The van der Waals surface area contributed by atoms with Crippen molar-refractivity contribution in [1.29, 1.82) is 0 Å². The molecule has 1 fully saturated rings. The van der Waals surface area contributed by atoms with Crippen LogP contribution >= 0.6 is 11.3 Å². The second kappa shape index (κ2) is 6.43. The number of likely N-dealkylation sites (tertiary alicyclic amines) is 1. The summed E-state index contributed by atoms with van der Waals surface area (Å²) in [6, 6.07) is 0. The normalized spacial score (nSPS) is 21.4. The maximum absolute atomic E-state index is 11.7. The molecule has 0 spiro atoms. The molecular weight excluding hydrogens is 244 g/mol. The highest BCUT2D eigenvalue weighted by atomic mass is 32.1. The first-order valence-corrected chi connectivity index (χ1v) is 7.79. The third-order valence-electron chi connectivity index (χ3n) is 3.55. The molecule has 3 nitrogen and oxygen atoms in total. The third-order valence-corrected chi connectivity index (χ3v) is 4.51. The number of aromatic nitrogens is 1. The number of carbonyl (C=O) groups is 1. The van der Waals surface area contributed by atoms with Crippen LogP contribution < -0.4 is 0 Å². The number of aryl methyl sites for hydroxylation is 1. The SMILES string of the molecule is CCCc1nc(CN2CCC(=O)C(CC)C2)cs1. The summed E-state index contributed by atoms with van der Waals surface area (Å²) < 4.78 is 0. The summed E-state index contributed by atoms with van der Waals surface area (Å²) >= 11 is 1.77. The highest BCUT2D eigenvalue weighted by Crippen LogP contribution is 2.19. The molecule has 1 aromatic heterocycles. The Kier molecular flexibility index (Phi) is 4.89. The van der Waals surface area contributed by atoms with Gasteiger partial charge in [0.1, 0.15) is 5.78 Å². The van der Waals surface area contributed by atoms with Gasteiger partial charge in [-0.2, -0.15) is 0 Å². The Bertz CT molecular complexity index is 402. The molecule has 0 bridgehead atoms. The second-order valence-corrected chi connectivity index (χ2v) is 5.98. The lowest BCUT2D eigenvalue weighted by Crippen LogP contribution is -2.40. The first-order chi connectivity index (χ1) is 8.72. The van der Waals surface area contributed by atoms with Gasteiger partial charge in [-0.15, -0.1) is 11.3 Å². The van der Waals surface area contributed by atoms with Gasteiger partial charge in [0.2, 0.25) is 0 Å². The Morgan fingerprint density at radius 1 is 1.50 bits per heavy atom. The minimum absolute atomic E-state index is 0.243. The lowest BCUT2D eigenvalue weighted by Gasteiger charge is -2.30. The average molecular weight is 266 g/mol. The highest BCUT2D eigenvalue weighted by Gasteiger charge is 2.25.